The predicted octanol–water partition coefficient (Wildman–Crippen LogP) is 3.70. The van der Waals surface area contributed by atoms with E-state index in [9.17, 15) is 4.79 Å². The highest BCUT2D eigenvalue weighted by molar-refractivity contribution is 5.69. The summed E-state index contributed by atoms with van der Waals surface area (Å²) in [6.07, 6.45) is 8.97. The van der Waals surface area contributed by atoms with Crippen molar-refractivity contribution in [1.29, 1.82) is 0 Å². The Kier molecular flexibility index (Phi) is 5.13. The fourth-order valence-electron chi connectivity index (χ4n) is 2.79. The maximum absolute atomic E-state index is 10.7. The second-order valence-corrected chi connectivity index (χ2v) is 5.32. The van der Waals surface area contributed by atoms with E-state index in [0.29, 0.717) is 5.92 Å². The third-order valence-electron chi connectivity index (χ3n) is 3.64. The zero-order valence-electron chi connectivity index (χ0n) is 10.0. The summed E-state index contributed by atoms with van der Waals surface area (Å²) in [6.45, 7) is 4.02. The van der Waals surface area contributed by atoms with E-state index in [-0.39, 0.29) is 5.92 Å². The fourth-order valence-corrected chi connectivity index (χ4v) is 2.79. The summed E-state index contributed by atoms with van der Waals surface area (Å²) < 4.78 is 0. The van der Waals surface area contributed by atoms with Gasteiger partial charge in [-0.15, -0.1) is 0 Å². The highest BCUT2D eigenvalue weighted by Crippen LogP contribution is 2.30. The van der Waals surface area contributed by atoms with Crippen LogP contribution in [0.2, 0.25) is 0 Å². The van der Waals surface area contributed by atoms with Gasteiger partial charge in [0, 0.05) is 0 Å². The topological polar surface area (TPSA) is 37.3 Å². The standard InChI is InChI=1S/C13H24O2/c1-10(8-11(2)13(14)15)9-12-6-4-3-5-7-12/h10-12H,3-9H2,1-2H3,(H,14,15). The molecule has 0 heterocycles. The van der Waals surface area contributed by atoms with Crippen molar-refractivity contribution < 1.29 is 9.90 Å². The number of rotatable bonds is 5. The maximum Gasteiger partial charge on any atom is 0.306 e. The molecule has 0 spiro atoms. The van der Waals surface area contributed by atoms with Crippen molar-refractivity contribution in [3.63, 3.8) is 0 Å². The Morgan fingerprint density at radius 1 is 1.27 bits per heavy atom. The number of aliphatic carboxylic acids is 1. The van der Waals surface area contributed by atoms with E-state index in [4.69, 9.17) is 5.11 Å². The van der Waals surface area contributed by atoms with Gasteiger partial charge in [0.05, 0.1) is 5.92 Å². The molecule has 0 aromatic rings. The predicted molar refractivity (Wildman–Crippen MR) is 61.8 cm³/mol. The van der Waals surface area contributed by atoms with Gasteiger partial charge >= 0.3 is 5.97 Å². The molecule has 0 aromatic heterocycles. The van der Waals surface area contributed by atoms with Crippen LogP contribution in [-0.4, -0.2) is 11.1 Å². The molecule has 88 valence electrons. The van der Waals surface area contributed by atoms with Crippen molar-refractivity contribution >= 4 is 5.97 Å². The van der Waals surface area contributed by atoms with Crippen LogP contribution in [0.15, 0.2) is 0 Å². The molecule has 0 bridgehead atoms. The first-order chi connectivity index (χ1) is 7.09. The van der Waals surface area contributed by atoms with Gasteiger partial charge in [-0.1, -0.05) is 46.0 Å². The Bertz CT molecular complexity index is 195. The van der Waals surface area contributed by atoms with Crippen LogP contribution in [0, 0.1) is 17.8 Å². The number of carboxylic acids is 1. The van der Waals surface area contributed by atoms with Crippen LogP contribution < -0.4 is 0 Å². The molecule has 2 heteroatoms. The Balaban J connectivity index is 2.22. The second-order valence-electron chi connectivity index (χ2n) is 5.32. The zero-order chi connectivity index (χ0) is 11.3. The Labute approximate surface area is 93.1 Å². The van der Waals surface area contributed by atoms with Gasteiger partial charge in [0.25, 0.3) is 0 Å². The van der Waals surface area contributed by atoms with Crippen molar-refractivity contribution in [2.75, 3.05) is 0 Å². The molecule has 0 amide bonds. The lowest BCUT2D eigenvalue weighted by Crippen LogP contribution is -2.16. The van der Waals surface area contributed by atoms with Gasteiger partial charge in [-0.3, -0.25) is 4.79 Å². The molecule has 1 saturated carbocycles. The van der Waals surface area contributed by atoms with Crippen molar-refractivity contribution in [2.45, 2.75) is 58.8 Å². The van der Waals surface area contributed by atoms with E-state index in [1.807, 2.05) is 6.92 Å². The van der Waals surface area contributed by atoms with Gasteiger partial charge in [0.1, 0.15) is 0 Å². The first-order valence-electron chi connectivity index (χ1n) is 6.32. The SMILES string of the molecule is CC(CC1CCCCC1)CC(C)C(=O)O. The van der Waals surface area contributed by atoms with Crippen LogP contribution >= 0.6 is 0 Å². The van der Waals surface area contributed by atoms with Crippen molar-refractivity contribution in [3.8, 4) is 0 Å². The third-order valence-corrected chi connectivity index (χ3v) is 3.64. The van der Waals surface area contributed by atoms with Crippen LogP contribution in [0.3, 0.4) is 0 Å². The van der Waals surface area contributed by atoms with E-state index in [2.05, 4.69) is 6.92 Å². The van der Waals surface area contributed by atoms with Gasteiger partial charge in [-0.2, -0.15) is 0 Å². The van der Waals surface area contributed by atoms with E-state index in [1.54, 1.807) is 0 Å². The fraction of sp³-hybridized carbons (Fsp3) is 0.923. The lowest BCUT2D eigenvalue weighted by Gasteiger charge is -2.25. The monoisotopic (exact) mass is 212 g/mol. The molecule has 0 saturated heterocycles. The zero-order valence-corrected chi connectivity index (χ0v) is 10.0. The average molecular weight is 212 g/mol. The largest absolute Gasteiger partial charge is 0.481 e. The molecular weight excluding hydrogens is 188 g/mol. The summed E-state index contributed by atoms with van der Waals surface area (Å²) in [7, 11) is 0. The minimum Gasteiger partial charge on any atom is -0.481 e. The summed E-state index contributed by atoms with van der Waals surface area (Å²) in [5.41, 5.74) is 0. The van der Waals surface area contributed by atoms with Crippen LogP contribution in [-0.2, 0) is 4.79 Å². The van der Waals surface area contributed by atoms with Gasteiger partial charge in [0.15, 0.2) is 0 Å². The number of carbonyl (C=O) groups is 1. The first kappa shape index (κ1) is 12.5. The minimum atomic E-state index is -0.648. The lowest BCUT2D eigenvalue weighted by molar-refractivity contribution is -0.141. The van der Waals surface area contributed by atoms with Gasteiger partial charge < -0.3 is 5.11 Å². The van der Waals surface area contributed by atoms with E-state index >= 15 is 0 Å². The second kappa shape index (κ2) is 6.14. The average Bonchev–Trinajstić information content (AvgIpc) is 2.18. The highest BCUT2D eigenvalue weighted by Gasteiger charge is 2.20. The molecule has 1 rings (SSSR count). The molecular formula is C13H24O2. The molecule has 2 atom stereocenters. The maximum atomic E-state index is 10.7. The molecule has 1 aliphatic carbocycles. The minimum absolute atomic E-state index is 0.177. The van der Waals surface area contributed by atoms with E-state index in [1.165, 1.54) is 38.5 Å². The van der Waals surface area contributed by atoms with Crippen molar-refractivity contribution in [3.05, 3.63) is 0 Å². The smallest absolute Gasteiger partial charge is 0.306 e. The summed E-state index contributed by atoms with van der Waals surface area (Å²) >= 11 is 0. The molecule has 1 aliphatic rings. The summed E-state index contributed by atoms with van der Waals surface area (Å²) in [5, 5.41) is 8.84. The molecule has 1 fully saturated rings. The summed E-state index contributed by atoms with van der Waals surface area (Å²) in [4.78, 5) is 10.7. The third kappa shape index (κ3) is 4.67. The van der Waals surface area contributed by atoms with Crippen LogP contribution in [0.4, 0.5) is 0 Å². The normalized spacial score (nSPS) is 22.3. The van der Waals surface area contributed by atoms with Crippen molar-refractivity contribution in [2.24, 2.45) is 17.8 Å². The number of hydrogen-bond acceptors (Lipinski definition) is 1. The van der Waals surface area contributed by atoms with Crippen LogP contribution in [0.25, 0.3) is 0 Å². The van der Waals surface area contributed by atoms with Gasteiger partial charge in [0.2, 0.25) is 0 Å². The summed E-state index contributed by atoms with van der Waals surface area (Å²) in [5.74, 6) is 0.614. The van der Waals surface area contributed by atoms with Gasteiger partial charge in [-0.25, -0.2) is 0 Å². The molecule has 2 nitrogen and oxygen atoms in total. The Morgan fingerprint density at radius 3 is 2.40 bits per heavy atom. The number of hydrogen-bond donors (Lipinski definition) is 1. The highest BCUT2D eigenvalue weighted by atomic mass is 16.4. The molecule has 1 N–H and O–H groups in total. The molecule has 0 radical (unpaired) electrons. The lowest BCUT2D eigenvalue weighted by atomic mass is 9.81. The van der Waals surface area contributed by atoms with E-state index in [0.717, 1.165) is 12.3 Å². The van der Waals surface area contributed by atoms with Crippen LogP contribution in [0.5, 0.6) is 0 Å². The first-order valence-corrected chi connectivity index (χ1v) is 6.32. The molecule has 2 unspecified atom stereocenters. The Hall–Kier alpha value is -0.530. The van der Waals surface area contributed by atoms with Gasteiger partial charge in [-0.05, 0) is 24.7 Å². The number of carboxylic acid groups (broad SMARTS) is 1. The molecule has 0 aromatic carbocycles. The van der Waals surface area contributed by atoms with E-state index < -0.39 is 5.97 Å². The molecule has 15 heavy (non-hydrogen) atoms. The quantitative estimate of drug-likeness (QED) is 0.754. The summed E-state index contributed by atoms with van der Waals surface area (Å²) in [6, 6.07) is 0. The Morgan fingerprint density at radius 2 is 1.87 bits per heavy atom. The van der Waals surface area contributed by atoms with Crippen LogP contribution in [0.1, 0.15) is 58.8 Å². The molecule has 0 aliphatic heterocycles. The van der Waals surface area contributed by atoms with Crippen molar-refractivity contribution in [1.82, 2.24) is 0 Å².